The van der Waals surface area contributed by atoms with Gasteiger partial charge in [-0.2, -0.15) is 0 Å². The van der Waals surface area contributed by atoms with Crippen molar-refractivity contribution < 1.29 is 4.92 Å². The first-order valence-electron chi connectivity index (χ1n) is 10.2. The molecule has 34 heavy (non-hydrogen) atoms. The van der Waals surface area contributed by atoms with Crippen LogP contribution in [0.15, 0.2) is 83.9 Å². The molecule has 0 aliphatic heterocycles. The summed E-state index contributed by atoms with van der Waals surface area (Å²) in [6.45, 7) is 0. The van der Waals surface area contributed by atoms with Gasteiger partial charge in [-0.15, -0.1) is 0 Å². The maximum absolute atomic E-state index is 13.7. The smallest absolute Gasteiger partial charge is 0.276 e. The molecule has 6 rings (SSSR count). The highest BCUT2D eigenvalue weighted by Crippen LogP contribution is 2.32. The lowest BCUT2D eigenvalue weighted by Crippen LogP contribution is -2.18. The fourth-order valence-electron chi connectivity index (χ4n) is 4.03. The van der Waals surface area contributed by atoms with Gasteiger partial charge in [-0.3, -0.25) is 24.0 Å². The number of fused-ring (bicyclic) bond motifs is 4. The molecule has 3 aromatic heterocycles. The van der Waals surface area contributed by atoms with Gasteiger partial charge >= 0.3 is 0 Å². The number of para-hydroxylation sites is 3. The van der Waals surface area contributed by atoms with Crippen molar-refractivity contribution in [2.45, 2.75) is 0 Å². The van der Waals surface area contributed by atoms with Crippen molar-refractivity contribution in [3.05, 3.63) is 105 Å². The molecule has 0 aliphatic rings. The normalized spacial score (nSPS) is 11.4. The maximum atomic E-state index is 13.7. The van der Waals surface area contributed by atoms with Crippen molar-refractivity contribution in [2.75, 3.05) is 0 Å². The Hall–Kier alpha value is -4.63. The van der Waals surface area contributed by atoms with E-state index in [-0.39, 0.29) is 21.7 Å². The van der Waals surface area contributed by atoms with Crippen LogP contribution in [0.4, 0.5) is 5.69 Å². The number of rotatable bonds is 3. The van der Waals surface area contributed by atoms with Crippen LogP contribution in [0.3, 0.4) is 0 Å². The molecule has 3 aromatic carbocycles. The molecule has 0 bridgehead atoms. The van der Waals surface area contributed by atoms with Crippen molar-refractivity contribution in [1.29, 1.82) is 0 Å². The zero-order chi connectivity index (χ0) is 23.4. The Labute approximate surface area is 195 Å². The Morgan fingerprint density at radius 3 is 2.29 bits per heavy atom. The van der Waals surface area contributed by atoms with Gasteiger partial charge in [0.1, 0.15) is 22.3 Å². The van der Waals surface area contributed by atoms with E-state index in [0.29, 0.717) is 39.2 Å². The van der Waals surface area contributed by atoms with Crippen molar-refractivity contribution in [3.63, 3.8) is 0 Å². The number of aromatic nitrogens is 5. The third-order valence-corrected chi connectivity index (χ3v) is 5.90. The molecule has 10 heteroatoms. The molecule has 0 spiro atoms. The summed E-state index contributed by atoms with van der Waals surface area (Å²) < 4.78 is 3.04. The van der Waals surface area contributed by atoms with Crippen LogP contribution in [0, 0.1) is 10.1 Å². The second-order valence-electron chi connectivity index (χ2n) is 7.57. The third-order valence-electron chi connectivity index (χ3n) is 5.58. The van der Waals surface area contributed by atoms with Gasteiger partial charge in [-0.25, -0.2) is 15.0 Å². The summed E-state index contributed by atoms with van der Waals surface area (Å²) in [7, 11) is 0. The number of nitrogens with zero attached hydrogens (tertiary/aromatic N) is 6. The van der Waals surface area contributed by atoms with Gasteiger partial charge < -0.3 is 0 Å². The second kappa shape index (κ2) is 7.46. The van der Waals surface area contributed by atoms with Crippen LogP contribution in [-0.4, -0.2) is 29.0 Å². The van der Waals surface area contributed by atoms with Crippen LogP contribution in [0.2, 0.25) is 5.02 Å². The highest BCUT2D eigenvalue weighted by Gasteiger charge is 2.23. The van der Waals surface area contributed by atoms with Gasteiger partial charge in [0.05, 0.1) is 27.3 Å². The third kappa shape index (κ3) is 2.95. The quantitative estimate of drug-likeness (QED) is 0.272. The summed E-state index contributed by atoms with van der Waals surface area (Å²) in [6.07, 6.45) is 1.43. The molecule has 0 N–H and O–H groups in total. The number of nitro benzene ring substituents is 1. The molecule has 0 saturated heterocycles. The van der Waals surface area contributed by atoms with Crippen LogP contribution >= 0.6 is 11.6 Å². The lowest BCUT2D eigenvalue weighted by atomic mass is 10.2. The first kappa shape index (κ1) is 20.0. The lowest BCUT2D eigenvalue weighted by Gasteiger charge is -2.08. The van der Waals surface area contributed by atoms with E-state index in [0.717, 1.165) is 0 Å². The number of hydrogen-bond donors (Lipinski definition) is 0. The van der Waals surface area contributed by atoms with Crippen LogP contribution in [0.1, 0.15) is 0 Å². The zero-order valence-electron chi connectivity index (χ0n) is 17.3. The predicted octanol–water partition coefficient (Wildman–Crippen LogP) is 4.83. The lowest BCUT2D eigenvalue weighted by molar-refractivity contribution is -0.384. The van der Waals surface area contributed by atoms with Crippen LogP contribution in [0.25, 0.3) is 44.6 Å². The average Bonchev–Trinajstić information content (AvgIpc) is 3.17. The summed E-state index contributed by atoms with van der Waals surface area (Å²) in [5.74, 6) is 0. The van der Waals surface area contributed by atoms with Gasteiger partial charge in [0.25, 0.3) is 11.2 Å². The highest BCUT2D eigenvalue weighted by atomic mass is 35.5. The summed E-state index contributed by atoms with van der Waals surface area (Å²) in [5.41, 5.74) is 2.70. The fraction of sp³-hybridized carbons (Fsp3) is 0. The standard InChI is InChI=1S/C24H13ClN6O3/c25-16-11-10-15(12-19(16)31(33)34)30-22-20(21-23(30)28-18-9-5-4-8-17(18)27-21)24(32)29(13-26-22)14-6-2-1-3-7-14/h1-13H. The first-order chi connectivity index (χ1) is 16.5. The Morgan fingerprint density at radius 1 is 0.853 bits per heavy atom. The van der Waals surface area contributed by atoms with Crippen molar-refractivity contribution >= 4 is 50.5 Å². The van der Waals surface area contributed by atoms with Gasteiger partial charge in [0.2, 0.25) is 0 Å². The first-order valence-corrected chi connectivity index (χ1v) is 10.6. The van der Waals surface area contributed by atoms with Crippen LogP contribution in [0.5, 0.6) is 0 Å². The summed E-state index contributed by atoms with van der Waals surface area (Å²) in [5, 5.41) is 11.8. The molecule has 3 heterocycles. The minimum atomic E-state index is -0.559. The number of benzene rings is 3. The Morgan fingerprint density at radius 2 is 1.56 bits per heavy atom. The SMILES string of the molecule is O=c1c2c3nc4ccccc4nc3n(-c3ccc(Cl)c([N+](=O)[O-])c3)c2ncn1-c1ccccc1. The molecule has 0 aliphatic carbocycles. The molecular weight excluding hydrogens is 456 g/mol. The Balaban J connectivity index is 1.78. The monoisotopic (exact) mass is 468 g/mol. The Kier molecular flexibility index (Phi) is 4.39. The van der Waals surface area contributed by atoms with Gasteiger partial charge in [0.15, 0.2) is 11.3 Å². The largest absolute Gasteiger partial charge is 0.289 e. The second-order valence-corrected chi connectivity index (χ2v) is 7.97. The Bertz CT molecular complexity index is 1830. The van der Waals surface area contributed by atoms with Gasteiger partial charge in [0, 0.05) is 6.07 Å². The van der Waals surface area contributed by atoms with E-state index in [2.05, 4.69) is 4.98 Å². The van der Waals surface area contributed by atoms with Gasteiger partial charge in [-0.05, 0) is 36.4 Å². The molecule has 0 saturated carbocycles. The molecule has 0 radical (unpaired) electrons. The van der Waals surface area contributed by atoms with Crippen LogP contribution in [-0.2, 0) is 0 Å². The minimum Gasteiger partial charge on any atom is -0.276 e. The molecule has 164 valence electrons. The molecule has 0 amide bonds. The van der Waals surface area contributed by atoms with Gasteiger partial charge in [-0.1, -0.05) is 41.9 Å². The number of nitro groups is 1. The minimum absolute atomic E-state index is 0.00504. The predicted molar refractivity (Wildman–Crippen MR) is 129 cm³/mol. The van der Waals surface area contributed by atoms with E-state index in [4.69, 9.17) is 21.6 Å². The van der Waals surface area contributed by atoms with E-state index in [1.165, 1.54) is 23.0 Å². The van der Waals surface area contributed by atoms with Crippen molar-refractivity contribution in [3.8, 4) is 11.4 Å². The fourth-order valence-corrected chi connectivity index (χ4v) is 4.22. The van der Waals surface area contributed by atoms with Crippen LogP contribution < -0.4 is 5.56 Å². The van der Waals surface area contributed by atoms with E-state index in [1.54, 1.807) is 22.8 Å². The molecule has 0 unspecified atom stereocenters. The molecule has 0 atom stereocenters. The van der Waals surface area contributed by atoms with Crippen molar-refractivity contribution in [2.24, 2.45) is 0 Å². The zero-order valence-corrected chi connectivity index (χ0v) is 18.0. The van der Waals surface area contributed by atoms with E-state index in [1.807, 2.05) is 42.5 Å². The topological polar surface area (TPSA) is 109 Å². The molecule has 9 nitrogen and oxygen atoms in total. The summed E-state index contributed by atoms with van der Waals surface area (Å²) >= 11 is 6.03. The average molecular weight is 469 g/mol. The van der Waals surface area contributed by atoms with E-state index in [9.17, 15) is 14.9 Å². The highest BCUT2D eigenvalue weighted by molar-refractivity contribution is 6.32. The number of halogens is 1. The molecular formula is C24H13ClN6O3. The molecule has 0 fully saturated rings. The summed E-state index contributed by atoms with van der Waals surface area (Å²) in [4.78, 5) is 38.7. The number of hydrogen-bond acceptors (Lipinski definition) is 6. The van der Waals surface area contributed by atoms with E-state index >= 15 is 0 Å². The summed E-state index contributed by atoms with van der Waals surface area (Å²) in [6, 6.07) is 20.8. The molecule has 6 aromatic rings. The van der Waals surface area contributed by atoms with Crippen molar-refractivity contribution in [1.82, 2.24) is 24.1 Å². The van der Waals surface area contributed by atoms with E-state index < -0.39 is 4.92 Å². The maximum Gasteiger partial charge on any atom is 0.289 e.